The van der Waals surface area contributed by atoms with Crippen LogP contribution in [0.4, 0.5) is 0 Å². The summed E-state index contributed by atoms with van der Waals surface area (Å²) < 4.78 is 1.92. The van der Waals surface area contributed by atoms with Crippen LogP contribution in [-0.2, 0) is 19.9 Å². The van der Waals surface area contributed by atoms with Gasteiger partial charge in [-0.3, -0.25) is 4.68 Å². The lowest BCUT2D eigenvalue weighted by Gasteiger charge is -2.22. The van der Waals surface area contributed by atoms with Gasteiger partial charge in [-0.25, -0.2) is 0 Å². The topological polar surface area (TPSA) is 38.0 Å². The minimum absolute atomic E-state index is 0.201. The van der Waals surface area contributed by atoms with Crippen LogP contribution in [0.1, 0.15) is 44.5 Å². The number of hydrogen-bond donors (Lipinski definition) is 1. The number of aromatic nitrogens is 2. The Kier molecular flexibility index (Phi) is 3.87. The molecular weight excluding hydrogens is 212 g/mol. The first-order valence-electron chi connectivity index (χ1n) is 6.81. The summed E-state index contributed by atoms with van der Waals surface area (Å²) in [5.74, 6) is 1.15. The van der Waals surface area contributed by atoms with Gasteiger partial charge in [0, 0.05) is 19.2 Å². The van der Waals surface area contributed by atoms with Gasteiger partial charge >= 0.3 is 0 Å². The molecule has 3 nitrogen and oxygen atoms in total. The number of hydrogen-bond acceptors (Lipinski definition) is 2. The Balaban J connectivity index is 2.01. The van der Waals surface area contributed by atoms with Gasteiger partial charge in [0.25, 0.3) is 0 Å². The van der Waals surface area contributed by atoms with Crippen LogP contribution in [0.2, 0.25) is 0 Å². The van der Waals surface area contributed by atoms with Gasteiger partial charge in [-0.15, -0.1) is 0 Å². The highest BCUT2D eigenvalue weighted by atomic mass is 16.3. The number of aryl methyl sites for hydroxylation is 2. The zero-order valence-corrected chi connectivity index (χ0v) is 11.2. The van der Waals surface area contributed by atoms with Crippen molar-refractivity contribution in [1.82, 2.24) is 9.78 Å². The quantitative estimate of drug-likeness (QED) is 0.871. The molecule has 3 atom stereocenters. The van der Waals surface area contributed by atoms with E-state index >= 15 is 0 Å². The lowest BCUT2D eigenvalue weighted by molar-refractivity contribution is 0.0884. The molecule has 96 valence electrons. The van der Waals surface area contributed by atoms with Crippen molar-refractivity contribution in [2.45, 2.75) is 52.1 Å². The van der Waals surface area contributed by atoms with Crippen molar-refractivity contribution in [2.75, 3.05) is 0 Å². The van der Waals surface area contributed by atoms with E-state index in [1.54, 1.807) is 0 Å². The lowest BCUT2D eigenvalue weighted by Crippen LogP contribution is -2.25. The van der Waals surface area contributed by atoms with Gasteiger partial charge in [0.15, 0.2) is 0 Å². The first-order valence-corrected chi connectivity index (χ1v) is 6.81. The van der Waals surface area contributed by atoms with E-state index in [2.05, 4.69) is 25.0 Å². The third kappa shape index (κ3) is 2.71. The maximum atomic E-state index is 10.3. The monoisotopic (exact) mass is 236 g/mol. The van der Waals surface area contributed by atoms with Gasteiger partial charge in [0.1, 0.15) is 0 Å². The van der Waals surface area contributed by atoms with Crippen LogP contribution in [0, 0.1) is 11.8 Å². The SMILES string of the molecule is CCc1cc(CC(O)C2CCCC2C)n(C)n1. The second-order valence-corrected chi connectivity index (χ2v) is 5.45. The van der Waals surface area contributed by atoms with E-state index in [9.17, 15) is 5.11 Å². The minimum Gasteiger partial charge on any atom is -0.392 e. The highest BCUT2D eigenvalue weighted by Crippen LogP contribution is 2.34. The molecule has 1 saturated carbocycles. The van der Waals surface area contributed by atoms with E-state index in [1.165, 1.54) is 19.3 Å². The van der Waals surface area contributed by atoms with Crippen molar-refractivity contribution < 1.29 is 5.11 Å². The van der Waals surface area contributed by atoms with Gasteiger partial charge in [0.2, 0.25) is 0 Å². The van der Waals surface area contributed by atoms with Gasteiger partial charge in [-0.2, -0.15) is 5.10 Å². The first kappa shape index (κ1) is 12.6. The summed E-state index contributed by atoms with van der Waals surface area (Å²) in [7, 11) is 1.97. The molecular formula is C14H24N2O. The highest BCUT2D eigenvalue weighted by Gasteiger charge is 2.30. The fourth-order valence-electron chi connectivity index (χ4n) is 3.05. The number of aliphatic hydroxyl groups is 1. The maximum Gasteiger partial charge on any atom is 0.0626 e. The van der Waals surface area contributed by atoms with Gasteiger partial charge in [0.05, 0.1) is 11.8 Å². The zero-order chi connectivity index (χ0) is 12.4. The molecule has 0 aliphatic heterocycles. The van der Waals surface area contributed by atoms with Gasteiger partial charge in [-0.05, 0) is 30.7 Å². The molecule has 3 unspecified atom stereocenters. The van der Waals surface area contributed by atoms with E-state index in [1.807, 2.05) is 11.7 Å². The van der Waals surface area contributed by atoms with Crippen LogP contribution in [-0.4, -0.2) is 21.0 Å². The minimum atomic E-state index is -0.201. The molecule has 1 N–H and O–H groups in total. The van der Waals surface area contributed by atoms with Crippen molar-refractivity contribution in [2.24, 2.45) is 18.9 Å². The largest absolute Gasteiger partial charge is 0.392 e. The molecule has 1 heterocycles. The van der Waals surface area contributed by atoms with Crippen molar-refractivity contribution in [3.05, 3.63) is 17.5 Å². The molecule has 1 aromatic heterocycles. The average molecular weight is 236 g/mol. The number of aliphatic hydroxyl groups excluding tert-OH is 1. The summed E-state index contributed by atoms with van der Waals surface area (Å²) in [5, 5.41) is 14.8. The molecule has 0 spiro atoms. The van der Waals surface area contributed by atoms with Crippen molar-refractivity contribution in [3.63, 3.8) is 0 Å². The summed E-state index contributed by atoms with van der Waals surface area (Å²) in [6, 6.07) is 2.13. The Hall–Kier alpha value is -0.830. The van der Waals surface area contributed by atoms with Crippen molar-refractivity contribution >= 4 is 0 Å². The van der Waals surface area contributed by atoms with Crippen LogP contribution in [0.5, 0.6) is 0 Å². The first-order chi connectivity index (χ1) is 8.11. The van der Waals surface area contributed by atoms with E-state index in [0.29, 0.717) is 11.8 Å². The molecule has 3 heteroatoms. The Morgan fingerprint density at radius 1 is 1.53 bits per heavy atom. The summed E-state index contributed by atoms with van der Waals surface area (Å²) in [6.07, 6.45) is 5.23. The third-order valence-corrected chi connectivity index (χ3v) is 4.23. The predicted octanol–water partition coefficient (Wildman–Crippen LogP) is 2.32. The van der Waals surface area contributed by atoms with E-state index in [-0.39, 0.29) is 6.10 Å². The maximum absolute atomic E-state index is 10.3. The summed E-state index contributed by atoms with van der Waals surface area (Å²) >= 11 is 0. The van der Waals surface area contributed by atoms with E-state index in [0.717, 1.165) is 24.2 Å². The lowest BCUT2D eigenvalue weighted by atomic mass is 9.90. The highest BCUT2D eigenvalue weighted by molar-refractivity contribution is 5.11. The summed E-state index contributed by atoms with van der Waals surface area (Å²) in [5.41, 5.74) is 2.28. The second-order valence-electron chi connectivity index (χ2n) is 5.45. The summed E-state index contributed by atoms with van der Waals surface area (Å²) in [4.78, 5) is 0. The molecule has 1 aromatic rings. The Labute approximate surface area is 104 Å². The molecule has 1 fully saturated rings. The number of nitrogens with zero attached hydrogens (tertiary/aromatic N) is 2. The Morgan fingerprint density at radius 3 is 2.82 bits per heavy atom. The van der Waals surface area contributed by atoms with Gasteiger partial charge in [-0.1, -0.05) is 26.7 Å². The standard InChI is InChI=1S/C14H24N2O/c1-4-11-8-12(16(3)15-11)9-14(17)13-7-5-6-10(13)2/h8,10,13-14,17H,4-7,9H2,1-3H3. The second kappa shape index (κ2) is 5.21. The molecule has 2 rings (SSSR count). The fraction of sp³-hybridized carbons (Fsp3) is 0.786. The Bertz CT molecular complexity index is 372. The normalized spacial score (nSPS) is 26.4. The molecule has 0 bridgehead atoms. The molecule has 17 heavy (non-hydrogen) atoms. The van der Waals surface area contributed by atoms with E-state index < -0.39 is 0 Å². The van der Waals surface area contributed by atoms with Crippen LogP contribution in [0.15, 0.2) is 6.07 Å². The van der Waals surface area contributed by atoms with Crippen molar-refractivity contribution in [3.8, 4) is 0 Å². The molecule has 0 aromatic carbocycles. The molecule has 1 aliphatic carbocycles. The molecule has 0 saturated heterocycles. The number of rotatable bonds is 4. The fourth-order valence-corrected chi connectivity index (χ4v) is 3.05. The average Bonchev–Trinajstić information content (AvgIpc) is 2.86. The third-order valence-electron chi connectivity index (χ3n) is 4.23. The van der Waals surface area contributed by atoms with E-state index in [4.69, 9.17) is 0 Å². The summed E-state index contributed by atoms with van der Waals surface area (Å²) in [6.45, 7) is 4.38. The molecule has 0 amide bonds. The smallest absolute Gasteiger partial charge is 0.0626 e. The Morgan fingerprint density at radius 2 is 2.29 bits per heavy atom. The molecule has 0 radical (unpaired) electrons. The predicted molar refractivity (Wildman–Crippen MR) is 68.8 cm³/mol. The van der Waals surface area contributed by atoms with Crippen LogP contribution in [0.3, 0.4) is 0 Å². The van der Waals surface area contributed by atoms with Gasteiger partial charge < -0.3 is 5.11 Å². The van der Waals surface area contributed by atoms with Crippen LogP contribution in [0.25, 0.3) is 0 Å². The van der Waals surface area contributed by atoms with Crippen molar-refractivity contribution in [1.29, 1.82) is 0 Å². The zero-order valence-electron chi connectivity index (χ0n) is 11.2. The van der Waals surface area contributed by atoms with Crippen LogP contribution < -0.4 is 0 Å². The molecule has 1 aliphatic rings. The van der Waals surface area contributed by atoms with Crippen LogP contribution >= 0.6 is 0 Å².